The van der Waals surface area contributed by atoms with Crippen molar-refractivity contribution >= 4 is 29.9 Å². The van der Waals surface area contributed by atoms with Crippen molar-refractivity contribution in [1.82, 2.24) is 15.5 Å². The number of likely N-dealkylation sites (N-methyl/N-ethyl adjacent to an activating group) is 1. The molecule has 0 amide bonds. The Balaban J connectivity index is 0. The van der Waals surface area contributed by atoms with Crippen LogP contribution in [0.4, 0.5) is 0 Å². The first-order valence-electron chi connectivity index (χ1n) is 8.37. The third kappa shape index (κ3) is 18.1. The van der Waals surface area contributed by atoms with Crippen molar-refractivity contribution in [1.29, 1.82) is 0 Å². The zero-order valence-electron chi connectivity index (χ0n) is 15.6. The Bertz CT molecular complexity index is 279. The molecule has 0 aromatic rings. The number of methoxy groups -OCH3 is 1. The number of hydrogen-bond donors (Lipinski definition) is 2. The van der Waals surface area contributed by atoms with Crippen LogP contribution in [0, 0.1) is 5.92 Å². The smallest absolute Gasteiger partial charge is 0.191 e. The Hall–Kier alpha value is -0.120. The molecule has 0 rings (SSSR count). The molecule has 7 heteroatoms. The molecule has 0 atom stereocenters. The monoisotopic (exact) mass is 444 g/mol. The minimum Gasteiger partial charge on any atom is -0.383 e. The molecule has 140 valence electrons. The van der Waals surface area contributed by atoms with E-state index in [0.717, 1.165) is 58.3 Å². The molecule has 0 aliphatic rings. The average molecular weight is 444 g/mol. The molecule has 0 spiro atoms. The van der Waals surface area contributed by atoms with Gasteiger partial charge in [-0.25, -0.2) is 0 Å². The van der Waals surface area contributed by atoms with Crippen molar-refractivity contribution in [2.75, 3.05) is 66.7 Å². The van der Waals surface area contributed by atoms with Gasteiger partial charge in [-0.3, -0.25) is 4.99 Å². The van der Waals surface area contributed by atoms with Crippen LogP contribution in [0.15, 0.2) is 4.99 Å². The van der Waals surface area contributed by atoms with E-state index in [1.165, 1.54) is 0 Å². The highest BCUT2D eigenvalue weighted by Crippen LogP contribution is 1.98. The fourth-order valence-corrected chi connectivity index (χ4v) is 1.70. The number of rotatable bonds is 13. The first kappa shape index (κ1) is 25.1. The summed E-state index contributed by atoms with van der Waals surface area (Å²) in [5.74, 6) is 1.55. The third-order valence-electron chi connectivity index (χ3n) is 3.15. The van der Waals surface area contributed by atoms with Crippen molar-refractivity contribution in [2.45, 2.75) is 27.2 Å². The Morgan fingerprint density at radius 2 is 1.87 bits per heavy atom. The Morgan fingerprint density at radius 1 is 1.13 bits per heavy atom. The number of ether oxygens (including phenoxy) is 2. The van der Waals surface area contributed by atoms with Crippen LogP contribution < -0.4 is 10.6 Å². The van der Waals surface area contributed by atoms with E-state index in [2.05, 4.69) is 48.3 Å². The average Bonchev–Trinajstić information content (AvgIpc) is 2.48. The number of nitrogens with one attached hydrogen (secondary N) is 2. The van der Waals surface area contributed by atoms with Crippen LogP contribution >= 0.6 is 24.0 Å². The van der Waals surface area contributed by atoms with Gasteiger partial charge in [-0.05, 0) is 26.3 Å². The Morgan fingerprint density at radius 3 is 2.48 bits per heavy atom. The van der Waals surface area contributed by atoms with Gasteiger partial charge in [-0.1, -0.05) is 13.8 Å². The van der Waals surface area contributed by atoms with Gasteiger partial charge in [0, 0.05) is 39.9 Å². The molecule has 0 heterocycles. The second kappa shape index (κ2) is 18.2. The minimum absolute atomic E-state index is 0. The van der Waals surface area contributed by atoms with Gasteiger partial charge in [0.1, 0.15) is 0 Å². The molecule has 0 saturated carbocycles. The van der Waals surface area contributed by atoms with Gasteiger partial charge in [-0.2, -0.15) is 0 Å². The zero-order valence-corrected chi connectivity index (χ0v) is 17.9. The lowest BCUT2D eigenvalue weighted by Gasteiger charge is -2.15. The largest absolute Gasteiger partial charge is 0.383 e. The fraction of sp³-hybridized carbons (Fsp3) is 0.938. The highest BCUT2D eigenvalue weighted by Gasteiger charge is 1.99. The van der Waals surface area contributed by atoms with Crippen LogP contribution in [0.2, 0.25) is 0 Å². The predicted molar refractivity (Wildman–Crippen MR) is 109 cm³/mol. The minimum atomic E-state index is 0. The second-order valence-corrected chi connectivity index (χ2v) is 5.78. The quantitative estimate of drug-likeness (QED) is 0.196. The molecule has 0 fully saturated rings. The maximum Gasteiger partial charge on any atom is 0.191 e. The summed E-state index contributed by atoms with van der Waals surface area (Å²) in [4.78, 5) is 6.78. The lowest BCUT2D eigenvalue weighted by molar-refractivity contribution is 0.128. The van der Waals surface area contributed by atoms with E-state index in [4.69, 9.17) is 9.47 Å². The van der Waals surface area contributed by atoms with Crippen molar-refractivity contribution in [3.63, 3.8) is 0 Å². The highest BCUT2D eigenvalue weighted by atomic mass is 127. The SMILES string of the molecule is CCNC(=NCCN(C)CCOC)NCCOCCC(C)C.I. The summed E-state index contributed by atoms with van der Waals surface area (Å²) in [6.07, 6.45) is 1.11. The van der Waals surface area contributed by atoms with Gasteiger partial charge in [0.2, 0.25) is 0 Å². The number of hydrogen-bond acceptors (Lipinski definition) is 4. The fourth-order valence-electron chi connectivity index (χ4n) is 1.70. The number of aliphatic imine (C=N–C) groups is 1. The molecule has 0 saturated heterocycles. The predicted octanol–water partition coefficient (Wildman–Crippen LogP) is 1.80. The van der Waals surface area contributed by atoms with Crippen molar-refractivity contribution in [3.05, 3.63) is 0 Å². The standard InChI is InChI=1S/C16H36N4O2.HI/c1-6-17-16(18-8-10-20(4)11-14-21-5)19-9-13-22-12-7-15(2)3;/h15H,6-14H2,1-5H3,(H2,17,18,19);1H. The molecule has 0 aliphatic heterocycles. The first-order chi connectivity index (χ1) is 10.6. The maximum atomic E-state index is 5.59. The number of nitrogens with zero attached hydrogens (tertiary/aromatic N) is 2. The van der Waals surface area contributed by atoms with E-state index in [1.54, 1.807) is 7.11 Å². The van der Waals surface area contributed by atoms with E-state index < -0.39 is 0 Å². The van der Waals surface area contributed by atoms with Crippen molar-refractivity contribution in [2.24, 2.45) is 10.9 Å². The van der Waals surface area contributed by atoms with Crippen molar-refractivity contribution < 1.29 is 9.47 Å². The van der Waals surface area contributed by atoms with Crippen LogP contribution in [0.5, 0.6) is 0 Å². The molecule has 0 bridgehead atoms. The topological polar surface area (TPSA) is 58.1 Å². The van der Waals surface area contributed by atoms with E-state index >= 15 is 0 Å². The molecule has 23 heavy (non-hydrogen) atoms. The summed E-state index contributed by atoms with van der Waals surface area (Å²) in [5.41, 5.74) is 0. The summed E-state index contributed by atoms with van der Waals surface area (Å²) in [7, 11) is 3.81. The third-order valence-corrected chi connectivity index (χ3v) is 3.15. The van der Waals surface area contributed by atoms with E-state index in [0.29, 0.717) is 12.5 Å². The lowest BCUT2D eigenvalue weighted by Crippen LogP contribution is -2.39. The summed E-state index contributed by atoms with van der Waals surface area (Å²) in [6, 6.07) is 0. The van der Waals surface area contributed by atoms with Gasteiger partial charge in [0.15, 0.2) is 5.96 Å². The molecule has 0 aliphatic carbocycles. The summed E-state index contributed by atoms with van der Waals surface area (Å²) in [6.45, 7) is 13.1. The molecule has 0 aromatic heterocycles. The van der Waals surface area contributed by atoms with Crippen LogP contribution in [0.3, 0.4) is 0 Å². The summed E-state index contributed by atoms with van der Waals surface area (Å²) >= 11 is 0. The van der Waals surface area contributed by atoms with Gasteiger partial charge >= 0.3 is 0 Å². The van der Waals surface area contributed by atoms with Gasteiger partial charge < -0.3 is 25.0 Å². The first-order valence-corrected chi connectivity index (χ1v) is 8.37. The summed E-state index contributed by atoms with van der Waals surface area (Å²) in [5, 5.41) is 6.55. The Kier molecular flexibility index (Phi) is 19.9. The molecule has 2 N–H and O–H groups in total. The molecule has 6 nitrogen and oxygen atoms in total. The van der Waals surface area contributed by atoms with Gasteiger partial charge in [0.05, 0.1) is 19.8 Å². The van der Waals surface area contributed by atoms with Gasteiger partial charge in [-0.15, -0.1) is 24.0 Å². The maximum absolute atomic E-state index is 5.59. The lowest BCUT2D eigenvalue weighted by atomic mass is 10.1. The molecular weight excluding hydrogens is 407 g/mol. The zero-order chi connectivity index (χ0) is 16.6. The number of halogens is 1. The van der Waals surface area contributed by atoms with E-state index in [1.807, 2.05) is 0 Å². The van der Waals surface area contributed by atoms with E-state index in [-0.39, 0.29) is 24.0 Å². The second-order valence-electron chi connectivity index (χ2n) is 5.78. The molecular formula is C16H37IN4O2. The Labute approximate surface area is 159 Å². The summed E-state index contributed by atoms with van der Waals surface area (Å²) < 4.78 is 10.7. The molecule has 0 radical (unpaired) electrons. The van der Waals surface area contributed by atoms with Crippen LogP contribution in [-0.4, -0.2) is 77.6 Å². The normalized spacial score (nSPS) is 11.7. The van der Waals surface area contributed by atoms with Crippen LogP contribution in [-0.2, 0) is 9.47 Å². The van der Waals surface area contributed by atoms with Crippen LogP contribution in [0.1, 0.15) is 27.2 Å². The van der Waals surface area contributed by atoms with Gasteiger partial charge in [0.25, 0.3) is 0 Å². The molecule has 0 aromatic carbocycles. The van der Waals surface area contributed by atoms with Crippen LogP contribution in [0.25, 0.3) is 0 Å². The number of guanidine groups is 1. The molecule has 0 unspecified atom stereocenters. The van der Waals surface area contributed by atoms with Crippen molar-refractivity contribution in [3.8, 4) is 0 Å². The van der Waals surface area contributed by atoms with E-state index in [9.17, 15) is 0 Å². The highest BCUT2D eigenvalue weighted by molar-refractivity contribution is 14.0.